The fourth-order valence-corrected chi connectivity index (χ4v) is 3.79. The van der Waals surface area contributed by atoms with Crippen LogP contribution in [0.25, 0.3) is 0 Å². The van der Waals surface area contributed by atoms with E-state index in [4.69, 9.17) is 5.73 Å². The summed E-state index contributed by atoms with van der Waals surface area (Å²) in [6.45, 7) is 3.32. The van der Waals surface area contributed by atoms with Gasteiger partial charge < -0.3 is 16.4 Å². The first kappa shape index (κ1) is 13.7. The minimum atomic E-state index is -0.0162. The maximum Gasteiger partial charge on any atom is 0.263 e. The molecule has 1 amide bonds. The fraction of sp³-hybridized carbons (Fsp3) is 0.667. The van der Waals surface area contributed by atoms with E-state index < -0.39 is 0 Å². The van der Waals surface area contributed by atoms with Gasteiger partial charge in [0.15, 0.2) is 0 Å². The second kappa shape index (κ2) is 5.64. The number of amides is 1. The van der Waals surface area contributed by atoms with Crippen LogP contribution in [0.5, 0.6) is 0 Å². The fourth-order valence-electron chi connectivity index (χ4n) is 2.90. The van der Waals surface area contributed by atoms with Crippen molar-refractivity contribution in [3.8, 4) is 0 Å². The van der Waals surface area contributed by atoms with Gasteiger partial charge in [0.1, 0.15) is 4.88 Å². The first-order valence-electron chi connectivity index (χ1n) is 7.56. The molecule has 4 nitrogen and oxygen atoms in total. The van der Waals surface area contributed by atoms with Crippen LogP contribution in [0.3, 0.4) is 0 Å². The number of rotatable bonds is 5. The highest BCUT2D eigenvalue weighted by Crippen LogP contribution is 2.33. The average molecular weight is 293 g/mol. The first-order chi connectivity index (χ1) is 9.61. The number of nitrogens with two attached hydrogens (primary N) is 1. The van der Waals surface area contributed by atoms with E-state index in [1.807, 2.05) is 6.07 Å². The summed E-state index contributed by atoms with van der Waals surface area (Å²) >= 11 is 1.47. The van der Waals surface area contributed by atoms with Crippen molar-refractivity contribution in [2.75, 3.05) is 17.6 Å². The van der Waals surface area contributed by atoms with E-state index >= 15 is 0 Å². The lowest BCUT2D eigenvalue weighted by molar-refractivity contribution is 0.0956. The molecule has 1 aromatic rings. The van der Waals surface area contributed by atoms with Gasteiger partial charge in [-0.15, -0.1) is 11.3 Å². The zero-order valence-electron chi connectivity index (χ0n) is 11.9. The molecule has 2 fully saturated rings. The monoisotopic (exact) mass is 293 g/mol. The zero-order valence-corrected chi connectivity index (χ0v) is 12.8. The summed E-state index contributed by atoms with van der Waals surface area (Å²) in [4.78, 5) is 12.7. The van der Waals surface area contributed by atoms with Crippen LogP contribution in [0.2, 0.25) is 0 Å². The van der Waals surface area contributed by atoms with Crippen molar-refractivity contribution in [2.24, 2.45) is 11.8 Å². The number of carbonyl (C=O) groups excluding carboxylic acids is 1. The molecule has 2 aliphatic carbocycles. The Bertz CT molecular complexity index is 495. The van der Waals surface area contributed by atoms with Gasteiger partial charge in [-0.25, -0.2) is 0 Å². The summed E-state index contributed by atoms with van der Waals surface area (Å²) in [5, 5.41) is 7.46. The highest BCUT2D eigenvalue weighted by molar-refractivity contribution is 7.18. The first-order valence-corrected chi connectivity index (χ1v) is 8.37. The van der Waals surface area contributed by atoms with Crippen molar-refractivity contribution < 1.29 is 4.79 Å². The molecule has 3 rings (SSSR count). The third-order valence-electron chi connectivity index (χ3n) is 4.25. The van der Waals surface area contributed by atoms with Crippen LogP contribution in [-0.4, -0.2) is 18.5 Å². The molecule has 20 heavy (non-hydrogen) atoms. The van der Waals surface area contributed by atoms with Crippen molar-refractivity contribution >= 4 is 27.9 Å². The standard InChI is InChI=1S/C15H23N3OS/c1-9-2-3-10(6-9)8-17-13-7-12(16)14(20-13)15(19)18-11-4-5-11/h7,9-11,17H,2-6,8,16H2,1H3,(H,18,19). The molecule has 2 unspecified atom stereocenters. The number of nitrogen functional groups attached to an aromatic ring is 1. The Kier molecular flexibility index (Phi) is 3.87. The number of hydrogen-bond acceptors (Lipinski definition) is 4. The Hall–Kier alpha value is -1.23. The minimum absolute atomic E-state index is 0.0162. The highest BCUT2D eigenvalue weighted by atomic mass is 32.1. The van der Waals surface area contributed by atoms with Crippen LogP contribution in [0.15, 0.2) is 6.07 Å². The summed E-state index contributed by atoms with van der Waals surface area (Å²) in [5.41, 5.74) is 6.55. The Morgan fingerprint density at radius 3 is 2.85 bits per heavy atom. The van der Waals surface area contributed by atoms with Crippen LogP contribution in [0.4, 0.5) is 10.7 Å². The normalized spacial score (nSPS) is 25.6. The van der Waals surface area contributed by atoms with Gasteiger partial charge in [0.05, 0.1) is 10.7 Å². The van der Waals surface area contributed by atoms with Crippen LogP contribution in [0.1, 0.15) is 48.7 Å². The Balaban J connectivity index is 1.55. The van der Waals surface area contributed by atoms with Crippen molar-refractivity contribution in [3.63, 3.8) is 0 Å². The molecule has 1 aromatic heterocycles. The third kappa shape index (κ3) is 3.26. The predicted molar refractivity (Wildman–Crippen MR) is 84.2 cm³/mol. The molecule has 0 saturated heterocycles. The molecule has 1 heterocycles. The number of nitrogens with one attached hydrogen (secondary N) is 2. The van der Waals surface area contributed by atoms with Gasteiger partial charge in [-0.1, -0.05) is 13.3 Å². The minimum Gasteiger partial charge on any atom is -0.397 e. The van der Waals surface area contributed by atoms with Gasteiger partial charge in [-0.05, 0) is 43.6 Å². The molecular formula is C15H23N3OS. The van der Waals surface area contributed by atoms with Gasteiger partial charge >= 0.3 is 0 Å². The molecule has 0 spiro atoms. The molecule has 2 aliphatic rings. The second-order valence-corrected chi connectivity index (χ2v) is 7.36. The summed E-state index contributed by atoms with van der Waals surface area (Å²) in [6, 6.07) is 2.27. The van der Waals surface area contributed by atoms with Crippen molar-refractivity contribution in [1.82, 2.24) is 5.32 Å². The molecular weight excluding hydrogens is 270 g/mol. The van der Waals surface area contributed by atoms with Crippen LogP contribution >= 0.6 is 11.3 Å². The second-order valence-electron chi connectivity index (χ2n) is 6.31. The maximum atomic E-state index is 12.0. The van der Waals surface area contributed by atoms with E-state index in [0.717, 1.165) is 36.2 Å². The number of thiophene rings is 1. The van der Waals surface area contributed by atoms with Gasteiger partial charge in [0, 0.05) is 12.6 Å². The predicted octanol–water partition coefficient (Wildman–Crippen LogP) is 3.07. The number of hydrogen-bond donors (Lipinski definition) is 3. The largest absolute Gasteiger partial charge is 0.397 e. The van der Waals surface area contributed by atoms with E-state index in [1.165, 1.54) is 30.6 Å². The van der Waals surface area contributed by atoms with E-state index in [0.29, 0.717) is 16.6 Å². The van der Waals surface area contributed by atoms with Crippen LogP contribution in [0, 0.1) is 11.8 Å². The number of anilines is 2. The van der Waals surface area contributed by atoms with Crippen LogP contribution < -0.4 is 16.4 Å². The lowest BCUT2D eigenvalue weighted by atomic mass is 10.1. The van der Waals surface area contributed by atoms with E-state index in [2.05, 4.69) is 17.6 Å². The van der Waals surface area contributed by atoms with E-state index in [-0.39, 0.29) is 5.91 Å². The van der Waals surface area contributed by atoms with E-state index in [1.54, 1.807) is 0 Å². The number of carbonyl (C=O) groups is 1. The highest BCUT2D eigenvalue weighted by Gasteiger charge is 2.26. The zero-order chi connectivity index (χ0) is 14.1. The SMILES string of the molecule is CC1CCC(CNc2cc(N)c(C(=O)NC3CC3)s2)C1. The smallest absolute Gasteiger partial charge is 0.263 e. The van der Waals surface area contributed by atoms with Gasteiger partial charge in [-0.3, -0.25) is 4.79 Å². The van der Waals surface area contributed by atoms with Gasteiger partial charge in [0.2, 0.25) is 0 Å². The molecule has 4 N–H and O–H groups in total. The summed E-state index contributed by atoms with van der Waals surface area (Å²) in [5.74, 6) is 1.60. The topological polar surface area (TPSA) is 67.1 Å². The van der Waals surface area contributed by atoms with Gasteiger partial charge in [-0.2, -0.15) is 0 Å². The summed E-state index contributed by atoms with van der Waals surface area (Å²) in [7, 11) is 0. The average Bonchev–Trinajstić information content (AvgIpc) is 2.98. The lowest BCUT2D eigenvalue weighted by Gasteiger charge is -2.10. The Morgan fingerprint density at radius 1 is 1.40 bits per heavy atom. The van der Waals surface area contributed by atoms with Crippen molar-refractivity contribution in [3.05, 3.63) is 10.9 Å². The molecule has 110 valence electrons. The molecule has 2 atom stereocenters. The Labute approximate surface area is 124 Å². The molecule has 0 aliphatic heterocycles. The van der Waals surface area contributed by atoms with Crippen LogP contribution in [-0.2, 0) is 0 Å². The summed E-state index contributed by atoms with van der Waals surface area (Å²) < 4.78 is 0. The molecule has 0 bridgehead atoms. The molecule has 5 heteroatoms. The maximum absolute atomic E-state index is 12.0. The molecule has 0 aromatic carbocycles. The molecule has 2 saturated carbocycles. The van der Waals surface area contributed by atoms with E-state index in [9.17, 15) is 4.79 Å². The Morgan fingerprint density at radius 2 is 2.20 bits per heavy atom. The summed E-state index contributed by atoms with van der Waals surface area (Å²) in [6.07, 6.45) is 6.16. The quantitative estimate of drug-likeness (QED) is 0.781. The van der Waals surface area contributed by atoms with Crippen molar-refractivity contribution in [1.29, 1.82) is 0 Å². The van der Waals surface area contributed by atoms with Gasteiger partial charge in [0.25, 0.3) is 5.91 Å². The molecule has 0 radical (unpaired) electrons. The third-order valence-corrected chi connectivity index (χ3v) is 5.36. The van der Waals surface area contributed by atoms with Crippen molar-refractivity contribution in [2.45, 2.75) is 45.1 Å². The lowest BCUT2D eigenvalue weighted by Crippen LogP contribution is -2.25.